The summed E-state index contributed by atoms with van der Waals surface area (Å²) in [5.41, 5.74) is 12.9. The Labute approximate surface area is 228 Å². The second-order valence-electron chi connectivity index (χ2n) is 9.17. The van der Waals surface area contributed by atoms with Gasteiger partial charge in [-0.2, -0.15) is 0 Å². The van der Waals surface area contributed by atoms with E-state index in [4.69, 9.17) is 11.5 Å². The third kappa shape index (κ3) is 9.67. The average Bonchev–Trinajstić information content (AvgIpc) is 3.29. The maximum absolute atomic E-state index is 12.9. The number of aromatic nitrogens is 1. The number of hydrogen-bond donors (Lipinski definition) is 9. The molecule has 2 aromatic rings. The van der Waals surface area contributed by atoms with Crippen LogP contribution >= 0.6 is 0 Å². The monoisotopic (exact) mass is 562 g/mol. The highest BCUT2D eigenvalue weighted by atomic mass is 16.4. The molecule has 218 valence electrons. The predicted molar refractivity (Wildman–Crippen MR) is 141 cm³/mol. The number of benzene rings is 1. The maximum atomic E-state index is 12.9. The Kier molecular flexibility index (Phi) is 12.0. The normalized spacial score (nSPS) is 13.9. The number of fused-ring (bicyclic) bond motifs is 1. The summed E-state index contributed by atoms with van der Waals surface area (Å²) in [5.74, 6) is -7.44. The number of aromatic amines is 1. The Morgan fingerprint density at radius 2 is 1.35 bits per heavy atom. The van der Waals surface area contributed by atoms with Crippen LogP contribution in [0.15, 0.2) is 30.5 Å². The van der Waals surface area contributed by atoms with Crippen LogP contribution in [0.2, 0.25) is 0 Å². The molecule has 1 aromatic carbocycles. The van der Waals surface area contributed by atoms with Crippen molar-refractivity contribution in [2.45, 2.75) is 62.7 Å². The maximum Gasteiger partial charge on any atom is 0.326 e. The lowest BCUT2D eigenvalue weighted by Crippen LogP contribution is -2.58. The average molecular weight is 563 g/mol. The van der Waals surface area contributed by atoms with Gasteiger partial charge in [0.2, 0.25) is 17.7 Å². The number of hydrogen-bond acceptors (Lipinski definition) is 8. The number of amides is 3. The lowest BCUT2D eigenvalue weighted by Gasteiger charge is -2.24. The van der Waals surface area contributed by atoms with Crippen molar-refractivity contribution >= 4 is 46.5 Å². The molecule has 4 unspecified atom stereocenters. The minimum Gasteiger partial charge on any atom is -0.481 e. The van der Waals surface area contributed by atoms with Crippen LogP contribution < -0.4 is 27.4 Å². The van der Waals surface area contributed by atoms with Gasteiger partial charge in [-0.05, 0) is 43.9 Å². The summed E-state index contributed by atoms with van der Waals surface area (Å²) in [6.45, 7) is 0.306. The molecule has 40 heavy (non-hydrogen) atoms. The summed E-state index contributed by atoms with van der Waals surface area (Å²) < 4.78 is 0. The molecule has 2 rings (SSSR count). The zero-order valence-corrected chi connectivity index (χ0v) is 21.6. The molecule has 0 bridgehead atoms. The molecule has 15 nitrogen and oxygen atoms in total. The third-order valence-electron chi connectivity index (χ3n) is 6.04. The molecule has 0 aliphatic rings. The second-order valence-corrected chi connectivity index (χ2v) is 9.17. The fourth-order valence-corrected chi connectivity index (χ4v) is 3.97. The van der Waals surface area contributed by atoms with Crippen molar-refractivity contribution in [3.05, 3.63) is 36.0 Å². The minimum absolute atomic E-state index is 0.0119. The van der Waals surface area contributed by atoms with Crippen LogP contribution in [0.1, 0.15) is 37.7 Å². The molecule has 0 radical (unpaired) electrons. The third-order valence-corrected chi connectivity index (χ3v) is 6.04. The number of carbonyl (C=O) groups is 6. The highest BCUT2D eigenvalue weighted by Gasteiger charge is 2.32. The first-order chi connectivity index (χ1) is 18.9. The van der Waals surface area contributed by atoms with Crippen LogP contribution in [-0.4, -0.2) is 86.6 Å². The minimum atomic E-state index is -1.76. The Balaban J connectivity index is 2.12. The van der Waals surface area contributed by atoms with E-state index in [0.29, 0.717) is 19.4 Å². The van der Waals surface area contributed by atoms with E-state index in [1.807, 2.05) is 18.2 Å². The van der Waals surface area contributed by atoms with Crippen LogP contribution in [0.3, 0.4) is 0 Å². The van der Waals surface area contributed by atoms with Gasteiger partial charge >= 0.3 is 17.9 Å². The van der Waals surface area contributed by atoms with Crippen molar-refractivity contribution in [2.75, 3.05) is 6.54 Å². The molecule has 1 aromatic heterocycles. The molecule has 11 N–H and O–H groups in total. The first-order valence-electron chi connectivity index (χ1n) is 12.5. The summed E-state index contributed by atoms with van der Waals surface area (Å²) in [6.07, 6.45) is 0.786. The molecule has 0 saturated carbocycles. The number of para-hydroxylation sites is 1. The van der Waals surface area contributed by atoms with Crippen molar-refractivity contribution in [2.24, 2.45) is 11.5 Å². The Morgan fingerprint density at radius 3 is 1.90 bits per heavy atom. The highest BCUT2D eigenvalue weighted by Crippen LogP contribution is 2.18. The molecule has 1 heterocycles. The molecule has 0 spiro atoms. The van der Waals surface area contributed by atoms with Gasteiger partial charge in [-0.3, -0.25) is 24.0 Å². The first kappa shape index (κ1) is 31.7. The predicted octanol–water partition coefficient (Wildman–Crippen LogP) is -1.34. The van der Waals surface area contributed by atoms with Crippen LogP contribution in [-0.2, 0) is 35.2 Å². The van der Waals surface area contributed by atoms with Crippen molar-refractivity contribution in [3.63, 3.8) is 0 Å². The number of carboxylic acids is 3. The van der Waals surface area contributed by atoms with E-state index in [0.717, 1.165) is 16.5 Å². The summed E-state index contributed by atoms with van der Waals surface area (Å²) in [7, 11) is 0. The summed E-state index contributed by atoms with van der Waals surface area (Å²) in [5, 5.41) is 35.2. The van der Waals surface area contributed by atoms with E-state index < -0.39 is 72.6 Å². The zero-order valence-electron chi connectivity index (χ0n) is 21.6. The first-order valence-corrected chi connectivity index (χ1v) is 12.5. The fraction of sp³-hybridized carbons (Fsp3) is 0.440. The van der Waals surface area contributed by atoms with E-state index in [9.17, 15) is 44.1 Å². The molecule has 15 heteroatoms. The molecular formula is C25H34N6O9. The molecular weight excluding hydrogens is 528 g/mol. The molecule has 0 saturated heterocycles. The largest absolute Gasteiger partial charge is 0.481 e. The van der Waals surface area contributed by atoms with Gasteiger partial charge in [0.25, 0.3) is 0 Å². The SMILES string of the molecule is NCCCCC(NC(=O)C(CC(=O)O)NC(=O)C(CC(=O)O)NC(=O)C(N)Cc1c[nH]c2ccccc12)C(=O)O. The van der Waals surface area contributed by atoms with Gasteiger partial charge in [-0.1, -0.05) is 18.2 Å². The number of aliphatic carboxylic acids is 3. The van der Waals surface area contributed by atoms with Gasteiger partial charge in [0.05, 0.1) is 18.9 Å². The zero-order chi connectivity index (χ0) is 29.8. The van der Waals surface area contributed by atoms with Crippen LogP contribution in [0, 0.1) is 0 Å². The number of unbranched alkanes of at least 4 members (excludes halogenated alkanes) is 1. The second kappa shape index (κ2) is 15.2. The molecule has 0 fully saturated rings. The van der Waals surface area contributed by atoms with Gasteiger partial charge < -0.3 is 47.7 Å². The van der Waals surface area contributed by atoms with Crippen LogP contribution in [0.25, 0.3) is 10.9 Å². The van der Waals surface area contributed by atoms with Gasteiger partial charge in [-0.25, -0.2) is 4.79 Å². The molecule has 4 atom stereocenters. The van der Waals surface area contributed by atoms with Crippen molar-refractivity contribution in [3.8, 4) is 0 Å². The Bertz CT molecular complexity index is 1230. The van der Waals surface area contributed by atoms with E-state index in [2.05, 4.69) is 20.9 Å². The Hall–Kier alpha value is -4.50. The number of carboxylic acid groups (broad SMARTS) is 3. The topological polar surface area (TPSA) is 267 Å². The standard InChI is InChI=1S/C25H34N6O9/c26-8-4-3-7-17(25(39)40)29-23(37)19(11-21(34)35)31-24(38)18(10-20(32)33)30-22(36)15(27)9-13-12-28-16-6-2-1-5-14(13)16/h1-2,5-6,12,15,17-19,28H,3-4,7-11,26-27H2,(H,29,37)(H,30,36)(H,31,38)(H,32,33)(H,34,35)(H,39,40). The summed E-state index contributed by atoms with van der Waals surface area (Å²) in [4.78, 5) is 75.7. The summed E-state index contributed by atoms with van der Waals surface area (Å²) in [6, 6.07) is 1.29. The highest BCUT2D eigenvalue weighted by molar-refractivity contribution is 5.97. The summed E-state index contributed by atoms with van der Waals surface area (Å²) >= 11 is 0. The van der Waals surface area contributed by atoms with Gasteiger partial charge in [0.15, 0.2) is 0 Å². The molecule has 0 aliphatic carbocycles. The van der Waals surface area contributed by atoms with E-state index in [-0.39, 0.29) is 12.8 Å². The molecule has 3 amide bonds. The van der Waals surface area contributed by atoms with Gasteiger partial charge in [-0.15, -0.1) is 0 Å². The van der Waals surface area contributed by atoms with E-state index in [1.165, 1.54) is 0 Å². The van der Waals surface area contributed by atoms with Gasteiger partial charge in [0.1, 0.15) is 18.1 Å². The fourth-order valence-electron chi connectivity index (χ4n) is 3.97. The van der Waals surface area contributed by atoms with Crippen molar-refractivity contribution in [1.29, 1.82) is 0 Å². The lowest BCUT2D eigenvalue weighted by molar-refractivity contribution is -0.145. The lowest BCUT2D eigenvalue weighted by atomic mass is 10.0. The number of H-pyrrole nitrogens is 1. The van der Waals surface area contributed by atoms with Crippen LogP contribution in [0.5, 0.6) is 0 Å². The Morgan fingerprint density at radius 1 is 0.800 bits per heavy atom. The number of carbonyl (C=O) groups excluding carboxylic acids is 3. The van der Waals surface area contributed by atoms with Gasteiger partial charge in [0, 0.05) is 17.1 Å². The molecule has 0 aliphatic heterocycles. The van der Waals surface area contributed by atoms with E-state index >= 15 is 0 Å². The van der Waals surface area contributed by atoms with E-state index in [1.54, 1.807) is 12.3 Å². The smallest absolute Gasteiger partial charge is 0.326 e. The number of nitrogens with one attached hydrogen (secondary N) is 4. The quantitative estimate of drug-likeness (QED) is 0.102. The van der Waals surface area contributed by atoms with Crippen molar-refractivity contribution < 1.29 is 44.1 Å². The van der Waals surface area contributed by atoms with Crippen LogP contribution in [0.4, 0.5) is 0 Å². The van der Waals surface area contributed by atoms with Crippen molar-refractivity contribution in [1.82, 2.24) is 20.9 Å². The number of rotatable bonds is 17. The number of nitrogens with two attached hydrogens (primary N) is 2.